The second-order valence-electron chi connectivity index (χ2n) is 6.24. The number of pyridine rings is 1. The summed E-state index contributed by atoms with van der Waals surface area (Å²) in [7, 11) is 0. The molecule has 4 rings (SSSR count). The molecular formula is C20H17ClN4O2. The molecule has 7 heteroatoms. The minimum atomic E-state index is -0.276. The number of fused-ring (bicyclic) bond motifs is 1. The van der Waals surface area contributed by atoms with Crippen LogP contribution in [0.1, 0.15) is 18.5 Å². The maximum Gasteiger partial charge on any atom is 0.248 e. The molecular weight excluding hydrogens is 364 g/mol. The van der Waals surface area contributed by atoms with Gasteiger partial charge in [0, 0.05) is 36.6 Å². The van der Waals surface area contributed by atoms with Gasteiger partial charge in [-0.2, -0.15) is 0 Å². The normalized spacial score (nSPS) is 14.4. The van der Waals surface area contributed by atoms with Gasteiger partial charge in [-0.1, -0.05) is 17.7 Å². The summed E-state index contributed by atoms with van der Waals surface area (Å²) in [5.41, 5.74) is 2.87. The zero-order valence-electron chi connectivity index (χ0n) is 14.4. The lowest BCUT2D eigenvalue weighted by atomic mass is 10.2. The highest BCUT2D eigenvalue weighted by atomic mass is 35.5. The molecule has 1 aromatic carbocycles. The molecule has 0 unspecified atom stereocenters. The molecule has 1 fully saturated rings. The first-order valence-electron chi connectivity index (χ1n) is 8.64. The van der Waals surface area contributed by atoms with Crippen molar-refractivity contribution >= 4 is 46.5 Å². The van der Waals surface area contributed by atoms with Gasteiger partial charge in [0.05, 0.1) is 5.69 Å². The van der Waals surface area contributed by atoms with E-state index in [0.29, 0.717) is 23.0 Å². The number of halogens is 1. The number of aromatic nitrogens is 2. The quantitative estimate of drug-likeness (QED) is 0.701. The zero-order chi connectivity index (χ0) is 18.8. The van der Waals surface area contributed by atoms with Gasteiger partial charge < -0.3 is 10.2 Å². The Morgan fingerprint density at radius 1 is 1.19 bits per heavy atom. The van der Waals surface area contributed by atoms with Gasteiger partial charge >= 0.3 is 0 Å². The zero-order valence-corrected chi connectivity index (χ0v) is 15.2. The topological polar surface area (TPSA) is 66.7 Å². The Kier molecular flexibility index (Phi) is 4.64. The lowest BCUT2D eigenvalue weighted by Gasteiger charge is -2.15. The van der Waals surface area contributed by atoms with E-state index in [0.717, 1.165) is 24.3 Å². The van der Waals surface area contributed by atoms with Gasteiger partial charge in [-0.3, -0.25) is 14.0 Å². The van der Waals surface area contributed by atoms with Crippen molar-refractivity contribution in [2.24, 2.45) is 0 Å². The first kappa shape index (κ1) is 17.3. The molecule has 27 heavy (non-hydrogen) atoms. The Bertz CT molecular complexity index is 1040. The van der Waals surface area contributed by atoms with Crippen LogP contribution in [0.5, 0.6) is 0 Å². The Hall–Kier alpha value is -3.12. The third-order valence-electron chi connectivity index (χ3n) is 4.43. The van der Waals surface area contributed by atoms with E-state index < -0.39 is 0 Å². The average Bonchev–Trinajstić information content (AvgIpc) is 3.23. The van der Waals surface area contributed by atoms with E-state index in [1.807, 2.05) is 40.9 Å². The number of amides is 2. The highest BCUT2D eigenvalue weighted by Crippen LogP contribution is 2.23. The van der Waals surface area contributed by atoms with E-state index in [9.17, 15) is 9.59 Å². The van der Waals surface area contributed by atoms with E-state index in [1.165, 1.54) is 6.08 Å². The minimum Gasteiger partial charge on any atom is -0.323 e. The molecule has 1 N–H and O–H groups in total. The number of benzene rings is 1. The molecule has 0 saturated carbocycles. The number of nitrogens with one attached hydrogen (secondary N) is 1. The Labute approximate surface area is 161 Å². The third-order valence-corrected chi connectivity index (χ3v) is 4.71. The second kappa shape index (κ2) is 7.25. The molecule has 1 saturated heterocycles. The molecule has 2 aromatic heterocycles. The Morgan fingerprint density at radius 3 is 2.74 bits per heavy atom. The number of carbonyl (C=O) groups excluding carboxylic acids is 2. The van der Waals surface area contributed by atoms with Crippen molar-refractivity contribution in [3.05, 3.63) is 65.6 Å². The van der Waals surface area contributed by atoms with Crippen LogP contribution in [0.3, 0.4) is 0 Å². The van der Waals surface area contributed by atoms with Gasteiger partial charge in [0.15, 0.2) is 5.15 Å². The predicted molar refractivity (Wildman–Crippen MR) is 106 cm³/mol. The van der Waals surface area contributed by atoms with Crippen LogP contribution < -0.4 is 10.2 Å². The molecule has 0 spiro atoms. The number of hydrogen-bond donors (Lipinski definition) is 1. The molecule has 1 aliphatic rings. The molecule has 0 aliphatic carbocycles. The van der Waals surface area contributed by atoms with Crippen LogP contribution in [0, 0.1) is 0 Å². The van der Waals surface area contributed by atoms with Crippen molar-refractivity contribution in [3.63, 3.8) is 0 Å². The minimum absolute atomic E-state index is 0.139. The number of rotatable bonds is 4. The van der Waals surface area contributed by atoms with Crippen molar-refractivity contribution in [3.8, 4) is 0 Å². The van der Waals surface area contributed by atoms with Crippen molar-refractivity contribution in [2.75, 3.05) is 16.8 Å². The summed E-state index contributed by atoms with van der Waals surface area (Å²) in [6, 6.07) is 12.8. The van der Waals surface area contributed by atoms with Crippen LogP contribution in [0.25, 0.3) is 11.7 Å². The first-order chi connectivity index (χ1) is 13.1. The maximum atomic E-state index is 12.2. The number of anilines is 2. The molecule has 1 aliphatic heterocycles. The van der Waals surface area contributed by atoms with Gasteiger partial charge in [-0.25, -0.2) is 4.98 Å². The largest absolute Gasteiger partial charge is 0.323 e. The number of carbonyl (C=O) groups is 2. The first-order valence-corrected chi connectivity index (χ1v) is 9.02. The maximum absolute atomic E-state index is 12.2. The van der Waals surface area contributed by atoms with Gasteiger partial charge in [0.1, 0.15) is 5.65 Å². The molecule has 136 valence electrons. The molecule has 3 heterocycles. The van der Waals surface area contributed by atoms with Crippen LogP contribution in [-0.4, -0.2) is 27.7 Å². The highest BCUT2D eigenvalue weighted by molar-refractivity contribution is 6.31. The van der Waals surface area contributed by atoms with E-state index >= 15 is 0 Å². The summed E-state index contributed by atoms with van der Waals surface area (Å²) in [6.07, 6.45) is 6.36. The van der Waals surface area contributed by atoms with Crippen molar-refractivity contribution in [1.29, 1.82) is 0 Å². The van der Waals surface area contributed by atoms with E-state index in [1.54, 1.807) is 23.1 Å². The highest BCUT2D eigenvalue weighted by Gasteiger charge is 2.21. The van der Waals surface area contributed by atoms with Gasteiger partial charge in [-0.15, -0.1) is 0 Å². The summed E-state index contributed by atoms with van der Waals surface area (Å²) in [6.45, 7) is 0.743. The van der Waals surface area contributed by atoms with Crippen LogP contribution in [0.4, 0.5) is 11.4 Å². The van der Waals surface area contributed by atoms with Crippen LogP contribution >= 0.6 is 11.6 Å². The fourth-order valence-electron chi connectivity index (χ4n) is 3.12. The third kappa shape index (κ3) is 3.57. The molecule has 0 bridgehead atoms. The Balaban J connectivity index is 1.45. The molecule has 2 amide bonds. The van der Waals surface area contributed by atoms with Gasteiger partial charge in [0.25, 0.3) is 0 Å². The summed E-state index contributed by atoms with van der Waals surface area (Å²) in [5.74, 6) is -0.137. The van der Waals surface area contributed by atoms with Gasteiger partial charge in [-0.05, 0) is 48.9 Å². The molecule has 0 atom stereocenters. The lowest BCUT2D eigenvalue weighted by Crippen LogP contribution is -2.23. The smallest absolute Gasteiger partial charge is 0.248 e. The molecule has 3 aromatic rings. The van der Waals surface area contributed by atoms with E-state index in [4.69, 9.17) is 11.6 Å². The average molecular weight is 381 g/mol. The van der Waals surface area contributed by atoms with E-state index in [-0.39, 0.29) is 11.8 Å². The summed E-state index contributed by atoms with van der Waals surface area (Å²) in [4.78, 5) is 30.0. The molecule has 6 nitrogen and oxygen atoms in total. The lowest BCUT2D eigenvalue weighted by molar-refractivity contribution is -0.117. The van der Waals surface area contributed by atoms with Crippen molar-refractivity contribution in [2.45, 2.75) is 12.8 Å². The predicted octanol–water partition coefficient (Wildman–Crippen LogP) is 3.77. The van der Waals surface area contributed by atoms with E-state index in [2.05, 4.69) is 10.3 Å². The standard InChI is InChI=1S/C20H17ClN4O2/c21-20-16(25-12-2-1-4-17(25)23-20)10-11-18(26)22-14-6-8-15(9-7-14)24-13-3-5-19(24)27/h1-2,4,6-12H,3,5,13H2,(H,22,26)/b11-10+. The number of nitrogens with zero attached hydrogens (tertiary/aromatic N) is 3. The Morgan fingerprint density at radius 2 is 2.00 bits per heavy atom. The fourth-order valence-corrected chi connectivity index (χ4v) is 3.36. The number of hydrogen-bond acceptors (Lipinski definition) is 3. The van der Waals surface area contributed by atoms with Crippen LogP contribution in [-0.2, 0) is 9.59 Å². The molecule has 0 radical (unpaired) electrons. The van der Waals surface area contributed by atoms with Crippen LogP contribution in [0.2, 0.25) is 5.15 Å². The monoisotopic (exact) mass is 380 g/mol. The summed E-state index contributed by atoms with van der Waals surface area (Å²) in [5, 5.41) is 3.14. The van der Waals surface area contributed by atoms with Crippen molar-refractivity contribution < 1.29 is 9.59 Å². The summed E-state index contributed by atoms with van der Waals surface area (Å²) >= 11 is 6.16. The van der Waals surface area contributed by atoms with Crippen LogP contribution in [0.15, 0.2) is 54.7 Å². The van der Waals surface area contributed by atoms with Crippen molar-refractivity contribution in [1.82, 2.24) is 9.38 Å². The summed E-state index contributed by atoms with van der Waals surface area (Å²) < 4.78 is 1.81. The van der Waals surface area contributed by atoms with Gasteiger partial charge in [0.2, 0.25) is 11.8 Å². The SMILES string of the molecule is O=C(/C=C/c1c(Cl)nc2ccccn12)Nc1ccc(N2CCCC2=O)cc1. The fraction of sp³-hybridized carbons (Fsp3) is 0.150. The second-order valence-corrected chi connectivity index (χ2v) is 6.59. The number of imidazole rings is 1.